The summed E-state index contributed by atoms with van der Waals surface area (Å²) in [4.78, 5) is 3.02. The van der Waals surface area contributed by atoms with Crippen molar-refractivity contribution >= 4 is 23.5 Å². The van der Waals surface area contributed by atoms with Gasteiger partial charge in [0.1, 0.15) is 0 Å². The van der Waals surface area contributed by atoms with E-state index in [0.717, 1.165) is 0 Å². The Balaban J connectivity index is 2.09. The molecule has 0 atom stereocenters. The first-order valence-electron chi connectivity index (χ1n) is 3.79. The lowest BCUT2D eigenvalue weighted by molar-refractivity contribution is 1.24. The molecule has 0 radical (unpaired) electrons. The van der Waals surface area contributed by atoms with Gasteiger partial charge in [-0.05, 0) is 17.4 Å². The summed E-state index contributed by atoms with van der Waals surface area (Å²) in [5, 5.41) is 0. The summed E-state index contributed by atoms with van der Waals surface area (Å²) < 4.78 is 0. The van der Waals surface area contributed by atoms with Crippen LogP contribution in [0.2, 0.25) is 0 Å². The first kappa shape index (κ1) is 7.56. The Bertz CT molecular complexity index is 268. The van der Waals surface area contributed by atoms with Crippen LogP contribution in [0.15, 0.2) is 28.0 Å². The molecular formula is C9H10S2. The van der Waals surface area contributed by atoms with E-state index >= 15 is 0 Å². The van der Waals surface area contributed by atoms with Gasteiger partial charge < -0.3 is 0 Å². The largest absolute Gasteiger partial charge is 0.157 e. The summed E-state index contributed by atoms with van der Waals surface area (Å²) in [6.45, 7) is 2.21. The van der Waals surface area contributed by atoms with E-state index in [0.29, 0.717) is 0 Å². The van der Waals surface area contributed by atoms with Crippen molar-refractivity contribution in [3.63, 3.8) is 0 Å². The molecule has 1 aromatic carbocycles. The molecule has 0 N–H and O–H groups in total. The van der Waals surface area contributed by atoms with Crippen LogP contribution in [0, 0.1) is 0 Å². The highest BCUT2D eigenvalue weighted by molar-refractivity contribution is 8.05. The van der Waals surface area contributed by atoms with E-state index in [2.05, 4.69) is 25.1 Å². The zero-order chi connectivity index (χ0) is 7.68. The van der Waals surface area contributed by atoms with E-state index in [1.165, 1.54) is 26.9 Å². The van der Waals surface area contributed by atoms with E-state index in [4.69, 9.17) is 0 Å². The third-order valence-electron chi connectivity index (χ3n) is 1.69. The van der Waals surface area contributed by atoms with Gasteiger partial charge in [0.25, 0.3) is 0 Å². The number of benzene rings is 1. The molecule has 0 fully saturated rings. The maximum absolute atomic E-state index is 2.24. The van der Waals surface area contributed by atoms with Crippen LogP contribution in [0.25, 0.3) is 0 Å². The SMILES string of the molecule is CCSCc1cccc2c1S2. The minimum absolute atomic E-state index is 1.19. The molecule has 0 nitrogen and oxygen atoms in total. The van der Waals surface area contributed by atoms with Gasteiger partial charge in [-0.15, -0.1) is 0 Å². The van der Waals surface area contributed by atoms with Crippen molar-refractivity contribution in [2.45, 2.75) is 22.5 Å². The van der Waals surface area contributed by atoms with Crippen LogP contribution in [0.3, 0.4) is 0 Å². The van der Waals surface area contributed by atoms with Gasteiger partial charge >= 0.3 is 0 Å². The fourth-order valence-electron chi connectivity index (χ4n) is 1.07. The molecule has 1 heterocycles. The number of rotatable bonds is 3. The molecule has 0 bridgehead atoms. The van der Waals surface area contributed by atoms with Crippen molar-refractivity contribution in [2.24, 2.45) is 0 Å². The predicted molar refractivity (Wildman–Crippen MR) is 52.4 cm³/mol. The van der Waals surface area contributed by atoms with Crippen LogP contribution in [-0.2, 0) is 5.75 Å². The molecule has 1 aliphatic rings. The van der Waals surface area contributed by atoms with Gasteiger partial charge in [-0.25, -0.2) is 0 Å². The van der Waals surface area contributed by atoms with E-state index < -0.39 is 0 Å². The Kier molecular flexibility index (Phi) is 2.14. The van der Waals surface area contributed by atoms with E-state index in [-0.39, 0.29) is 0 Å². The summed E-state index contributed by atoms with van der Waals surface area (Å²) in [7, 11) is 0. The van der Waals surface area contributed by atoms with E-state index in [1.807, 2.05) is 23.5 Å². The minimum Gasteiger partial charge on any atom is -0.157 e. The second-order valence-electron chi connectivity index (χ2n) is 2.48. The van der Waals surface area contributed by atoms with Gasteiger partial charge in [0.2, 0.25) is 0 Å². The fraction of sp³-hybridized carbons (Fsp3) is 0.333. The lowest BCUT2D eigenvalue weighted by Crippen LogP contribution is -1.78. The monoisotopic (exact) mass is 182 g/mol. The van der Waals surface area contributed by atoms with Crippen LogP contribution >= 0.6 is 23.5 Å². The van der Waals surface area contributed by atoms with E-state index in [1.54, 1.807) is 0 Å². The molecular weight excluding hydrogens is 172 g/mol. The molecule has 0 spiro atoms. The Morgan fingerprint density at radius 3 is 3.18 bits per heavy atom. The Labute approximate surface area is 75.8 Å². The van der Waals surface area contributed by atoms with Crippen molar-refractivity contribution in [1.29, 1.82) is 0 Å². The highest BCUT2D eigenvalue weighted by Gasteiger charge is 2.20. The number of hydrogen-bond donors (Lipinski definition) is 0. The number of hydrogen-bond acceptors (Lipinski definition) is 2. The van der Waals surface area contributed by atoms with Gasteiger partial charge in [0.15, 0.2) is 0 Å². The highest BCUT2D eigenvalue weighted by Crippen LogP contribution is 2.50. The van der Waals surface area contributed by atoms with Gasteiger partial charge in [0, 0.05) is 15.5 Å². The molecule has 58 valence electrons. The standard InChI is InChI=1S/C9H10S2/c1-2-10-6-7-4-3-5-8-9(7)11-8/h3-5H,2,6H2,1H3. The summed E-state index contributed by atoms with van der Waals surface area (Å²) in [6.07, 6.45) is 0. The average Bonchev–Trinajstić information content (AvgIpc) is 2.79. The second kappa shape index (κ2) is 3.11. The van der Waals surface area contributed by atoms with Gasteiger partial charge in [-0.3, -0.25) is 0 Å². The Morgan fingerprint density at radius 2 is 2.36 bits per heavy atom. The Hall–Kier alpha value is -0.0800. The third kappa shape index (κ3) is 1.57. The van der Waals surface area contributed by atoms with Crippen LogP contribution < -0.4 is 0 Å². The maximum Gasteiger partial charge on any atom is 0.0302 e. The quantitative estimate of drug-likeness (QED) is 0.667. The summed E-state index contributed by atoms with van der Waals surface area (Å²) in [5.41, 5.74) is 1.53. The molecule has 0 saturated carbocycles. The molecule has 2 heteroatoms. The molecule has 0 saturated heterocycles. The Morgan fingerprint density at radius 1 is 1.45 bits per heavy atom. The van der Waals surface area contributed by atoms with Crippen molar-refractivity contribution < 1.29 is 0 Å². The van der Waals surface area contributed by atoms with Gasteiger partial charge in [-0.2, -0.15) is 11.8 Å². The fourth-order valence-corrected chi connectivity index (χ4v) is 2.61. The lowest BCUT2D eigenvalue weighted by atomic mass is 10.2. The average molecular weight is 182 g/mol. The zero-order valence-electron chi connectivity index (χ0n) is 6.46. The van der Waals surface area contributed by atoms with Crippen LogP contribution in [0.5, 0.6) is 0 Å². The summed E-state index contributed by atoms with van der Waals surface area (Å²) in [6, 6.07) is 6.59. The van der Waals surface area contributed by atoms with Gasteiger partial charge in [-0.1, -0.05) is 30.8 Å². The predicted octanol–water partition coefficient (Wildman–Crippen LogP) is 3.40. The molecule has 1 aromatic rings. The van der Waals surface area contributed by atoms with Crippen molar-refractivity contribution in [2.75, 3.05) is 5.75 Å². The number of thioether (sulfide) groups is 1. The van der Waals surface area contributed by atoms with Crippen LogP contribution in [0.1, 0.15) is 12.5 Å². The highest BCUT2D eigenvalue weighted by atomic mass is 32.2. The van der Waals surface area contributed by atoms with E-state index in [9.17, 15) is 0 Å². The first-order valence-corrected chi connectivity index (χ1v) is 5.76. The third-order valence-corrected chi connectivity index (χ3v) is 3.66. The second-order valence-corrected chi connectivity index (χ2v) is 4.81. The molecule has 2 rings (SSSR count). The summed E-state index contributed by atoms with van der Waals surface area (Å²) in [5.74, 6) is 2.40. The molecule has 11 heavy (non-hydrogen) atoms. The normalized spacial score (nSPS) is 12.8. The van der Waals surface area contributed by atoms with Gasteiger partial charge in [0.05, 0.1) is 0 Å². The van der Waals surface area contributed by atoms with Crippen LogP contribution in [-0.4, -0.2) is 5.75 Å². The minimum atomic E-state index is 1.19. The van der Waals surface area contributed by atoms with Crippen molar-refractivity contribution in [3.8, 4) is 0 Å². The smallest absolute Gasteiger partial charge is 0.0302 e. The van der Waals surface area contributed by atoms with Crippen LogP contribution in [0.4, 0.5) is 0 Å². The van der Waals surface area contributed by atoms with Crippen molar-refractivity contribution in [1.82, 2.24) is 0 Å². The summed E-state index contributed by atoms with van der Waals surface area (Å²) >= 11 is 3.92. The molecule has 0 aliphatic carbocycles. The molecule has 0 aromatic heterocycles. The van der Waals surface area contributed by atoms with Crippen molar-refractivity contribution in [3.05, 3.63) is 23.8 Å². The topological polar surface area (TPSA) is 0 Å². The zero-order valence-corrected chi connectivity index (χ0v) is 8.10. The molecule has 0 amide bonds. The number of fused-ring (bicyclic) bond motifs is 1. The molecule has 1 aliphatic heterocycles. The lowest BCUT2D eigenvalue weighted by Gasteiger charge is -1.95. The maximum atomic E-state index is 2.24. The first-order chi connectivity index (χ1) is 5.42. The molecule has 0 unspecified atom stereocenters.